The molecular formula is C19H24F2N4O. The predicted octanol–water partition coefficient (Wildman–Crippen LogP) is 3.96. The minimum atomic E-state index is -2.25. The molecule has 0 radical (unpaired) electrons. The summed E-state index contributed by atoms with van der Waals surface area (Å²) < 4.78 is 22.3. The number of hydrogen-bond donors (Lipinski definition) is 2. The highest BCUT2D eigenvalue weighted by Crippen LogP contribution is 2.40. The highest BCUT2D eigenvalue weighted by atomic mass is 19.3. The van der Waals surface area contributed by atoms with E-state index in [0.29, 0.717) is 6.54 Å². The first kappa shape index (κ1) is 18.4. The summed E-state index contributed by atoms with van der Waals surface area (Å²) in [4.78, 5) is 21.2. The maximum atomic E-state index is 11.9. The number of pyridine rings is 1. The van der Waals surface area contributed by atoms with Crippen LogP contribution in [0.5, 0.6) is 0 Å². The van der Waals surface area contributed by atoms with Gasteiger partial charge in [0.15, 0.2) is 0 Å². The lowest BCUT2D eigenvalue weighted by Gasteiger charge is -2.38. The van der Waals surface area contributed by atoms with Gasteiger partial charge in [-0.1, -0.05) is 6.58 Å². The van der Waals surface area contributed by atoms with Crippen LogP contribution in [0.25, 0.3) is 11.0 Å². The number of rotatable bonds is 3. The summed E-state index contributed by atoms with van der Waals surface area (Å²) in [6, 6.07) is 4.53. The van der Waals surface area contributed by atoms with Gasteiger partial charge in [0.25, 0.3) is 0 Å². The topological polar surface area (TPSA) is 61.0 Å². The first-order chi connectivity index (χ1) is 12.4. The fraction of sp³-hybridized carbons (Fsp3) is 0.474. The second kappa shape index (κ2) is 7.43. The molecular weight excluding hydrogens is 338 g/mol. The Kier molecular flexibility index (Phi) is 5.25. The maximum absolute atomic E-state index is 11.9. The van der Waals surface area contributed by atoms with Crippen molar-refractivity contribution in [2.75, 3.05) is 11.9 Å². The summed E-state index contributed by atoms with van der Waals surface area (Å²) in [5.41, 5.74) is 1.94. The summed E-state index contributed by atoms with van der Waals surface area (Å²) in [6.45, 7) is 6.39. The third kappa shape index (κ3) is 4.39. The number of hydrogen-bond acceptors (Lipinski definition) is 3. The molecule has 2 atom stereocenters. The number of aromatic amines is 1. The first-order valence-electron chi connectivity index (χ1n) is 8.89. The second-order valence-electron chi connectivity index (χ2n) is 6.92. The summed E-state index contributed by atoms with van der Waals surface area (Å²) in [7, 11) is 0. The van der Waals surface area contributed by atoms with Crippen LogP contribution in [0.2, 0.25) is 0 Å². The molecule has 26 heavy (non-hydrogen) atoms. The minimum Gasteiger partial charge on any atom is -0.380 e. The van der Waals surface area contributed by atoms with Gasteiger partial charge in [-0.3, -0.25) is 4.79 Å². The number of piperidine rings is 1. The third-order valence-corrected chi connectivity index (χ3v) is 4.79. The Morgan fingerprint density at radius 1 is 1.42 bits per heavy atom. The molecule has 4 rings (SSSR count). The fourth-order valence-corrected chi connectivity index (χ4v) is 3.05. The molecule has 0 bridgehead atoms. The molecule has 2 aromatic rings. The lowest BCUT2D eigenvalue weighted by molar-refractivity contribution is -0.129. The summed E-state index contributed by atoms with van der Waals surface area (Å²) in [5.74, 6) is -2.24. The Labute approximate surface area is 151 Å². The first-order valence-corrected chi connectivity index (χ1v) is 8.89. The van der Waals surface area contributed by atoms with Gasteiger partial charge >= 0.3 is 0 Å². The average Bonchev–Trinajstić information content (AvgIpc) is 3.11. The van der Waals surface area contributed by atoms with Gasteiger partial charge in [0.05, 0.1) is 0 Å². The zero-order chi connectivity index (χ0) is 18.7. The number of nitrogens with one attached hydrogen (secondary N) is 2. The zero-order valence-electron chi connectivity index (χ0n) is 14.8. The normalized spacial score (nSPS) is 23.7. The van der Waals surface area contributed by atoms with Crippen LogP contribution in [0.3, 0.4) is 0 Å². The summed E-state index contributed by atoms with van der Waals surface area (Å²) in [6.07, 6.45) is 7.36. The Hall–Kier alpha value is -2.44. The van der Waals surface area contributed by atoms with E-state index in [4.69, 9.17) is 0 Å². The molecule has 7 heteroatoms. The smallest absolute Gasteiger partial charge is 0.248 e. The number of likely N-dealkylation sites (tertiary alicyclic amines) is 1. The third-order valence-electron chi connectivity index (χ3n) is 4.79. The van der Waals surface area contributed by atoms with Crippen molar-refractivity contribution in [2.45, 2.75) is 50.6 Å². The lowest BCUT2D eigenvalue weighted by atomic mass is 9.99. The molecule has 1 aliphatic heterocycles. The monoisotopic (exact) mass is 362 g/mol. The van der Waals surface area contributed by atoms with Crippen molar-refractivity contribution in [3.05, 3.63) is 37.2 Å². The minimum absolute atomic E-state index is 0.00974. The van der Waals surface area contributed by atoms with Crippen molar-refractivity contribution in [3.8, 4) is 0 Å². The quantitative estimate of drug-likeness (QED) is 0.813. The number of amides is 1. The standard InChI is InChI=1S/C16H20N4O.C3H4F2/c1-3-15(21)20-10-12(5-4-11(20)2)19-14-7-9-18-16-13(14)6-8-17-16;4-3(5)1-2-3/h3,6-9,11-12H,1,4-5,10H2,2H3,(H2,17,18,19);1-2H2. The number of nitrogens with zero attached hydrogens (tertiary/aromatic N) is 2. The molecule has 1 saturated heterocycles. The molecule has 2 N–H and O–H groups in total. The van der Waals surface area contributed by atoms with Crippen LogP contribution in [0, 0.1) is 0 Å². The van der Waals surface area contributed by atoms with E-state index in [2.05, 4.69) is 28.8 Å². The van der Waals surface area contributed by atoms with Crippen LogP contribution in [0.4, 0.5) is 14.5 Å². The molecule has 3 heterocycles. The lowest BCUT2D eigenvalue weighted by Crippen LogP contribution is -2.49. The molecule has 1 aliphatic carbocycles. The predicted molar refractivity (Wildman–Crippen MR) is 98.3 cm³/mol. The van der Waals surface area contributed by atoms with Crippen LogP contribution < -0.4 is 5.32 Å². The van der Waals surface area contributed by atoms with Crippen molar-refractivity contribution < 1.29 is 13.6 Å². The molecule has 2 aliphatic rings. The largest absolute Gasteiger partial charge is 0.380 e. The molecule has 2 unspecified atom stereocenters. The molecule has 1 amide bonds. The molecule has 2 aromatic heterocycles. The molecule has 5 nitrogen and oxygen atoms in total. The SMILES string of the molecule is C=CC(=O)N1CC(Nc2ccnc3[nH]ccc23)CCC1C.FC1(F)CC1. The Morgan fingerprint density at radius 2 is 2.15 bits per heavy atom. The second-order valence-corrected chi connectivity index (χ2v) is 6.92. The number of fused-ring (bicyclic) bond motifs is 1. The van der Waals surface area contributed by atoms with Gasteiger partial charge in [0.1, 0.15) is 5.65 Å². The van der Waals surface area contributed by atoms with Crippen molar-refractivity contribution in [1.29, 1.82) is 0 Å². The molecule has 0 spiro atoms. The van der Waals surface area contributed by atoms with Crippen molar-refractivity contribution >= 4 is 22.6 Å². The van der Waals surface area contributed by atoms with E-state index < -0.39 is 5.92 Å². The number of carbonyl (C=O) groups is 1. The highest BCUT2D eigenvalue weighted by Gasteiger charge is 2.43. The maximum Gasteiger partial charge on any atom is 0.248 e. The van der Waals surface area contributed by atoms with Crippen LogP contribution in [0.1, 0.15) is 32.6 Å². The van der Waals surface area contributed by atoms with E-state index in [1.54, 1.807) is 6.20 Å². The Balaban J connectivity index is 0.000000339. The van der Waals surface area contributed by atoms with Gasteiger partial charge in [-0.25, -0.2) is 13.8 Å². The average molecular weight is 362 g/mol. The van der Waals surface area contributed by atoms with Crippen LogP contribution in [-0.2, 0) is 4.79 Å². The number of anilines is 1. The number of alkyl halides is 2. The van der Waals surface area contributed by atoms with Gasteiger partial charge in [0.2, 0.25) is 11.8 Å². The highest BCUT2D eigenvalue weighted by molar-refractivity contribution is 5.89. The number of carbonyl (C=O) groups excluding carboxylic acids is 1. The van der Waals surface area contributed by atoms with Gasteiger partial charge < -0.3 is 15.2 Å². The zero-order valence-corrected chi connectivity index (χ0v) is 14.8. The van der Waals surface area contributed by atoms with E-state index in [-0.39, 0.29) is 30.8 Å². The summed E-state index contributed by atoms with van der Waals surface area (Å²) in [5, 5.41) is 4.63. The Bertz CT molecular complexity index is 783. The fourth-order valence-electron chi connectivity index (χ4n) is 3.05. The number of aromatic nitrogens is 2. The molecule has 1 saturated carbocycles. The van der Waals surface area contributed by atoms with Gasteiger partial charge in [-0.05, 0) is 38.0 Å². The number of H-pyrrole nitrogens is 1. The van der Waals surface area contributed by atoms with E-state index in [9.17, 15) is 13.6 Å². The van der Waals surface area contributed by atoms with Crippen LogP contribution in [0.15, 0.2) is 37.2 Å². The van der Waals surface area contributed by atoms with E-state index >= 15 is 0 Å². The van der Waals surface area contributed by atoms with Crippen molar-refractivity contribution in [3.63, 3.8) is 0 Å². The van der Waals surface area contributed by atoms with E-state index in [1.807, 2.05) is 23.2 Å². The van der Waals surface area contributed by atoms with Gasteiger partial charge in [0, 0.05) is 54.9 Å². The van der Waals surface area contributed by atoms with Gasteiger partial charge in [-0.15, -0.1) is 0 Å². The van der Waals surface area contributed by atoms with E-state index in [0.717, 1.165) is 29.6 Å². The molecule has 140 valence electrons. The molecule has 0 aromatic carbocycles. The van der Waals surface area contributed by atoms with Gasteiger partial charge in [-0.2, -0.15) is 0 Å². The summed E-state index contributed by atoms with van der Waals surface area (Å²) >= 11 is 0. The van der Waals surface area contributed by atoms with Crippen LogP contribution >= 0.6 is 0 Å². The van der Waals surface area contributed by atoms with Crippen LogP contribution in [-0.4, -0.2) is 45.3 Å². The van der Waals surface area contributed by atoms with Crippen molar-refractivity contribution in [2.24, 2.45) is 0 Å². The molecule has 2 fully saturated rings. The Morgan fingerprint density at radius 3 is 2.81 bits per heavy atom. The van der Waals surface area contributed by atoms with Crippen molar-refractivity contribution in [1.82, 2.24) is 14.9 Å². The van der Waals surface area contributed by atoms with E-state index in [1.165, 1.54) is 6.08 Å². The number of halogens is 2.